The monoisotopic (exact) mass is 242 g/mol. The van der Waals surface area contributed by atoms with Crippen molar-refractivity contribution in [2.75, 3.05) is 5.32 Å². The number of allylic oxidation sites excluding steroid dienone is 2. The van der Waals surface area contributed by atoms with Crippen LogP contribution in [0, 0.1) is 19.8 Å². The zero-order valence-electron chi connectivity index (χ0n) is 10.6. The second kappa shape index (κ2) is 3.87. The number of aliphatic carboxylic acids is 1. The number of hydrogen-bond acceptors (Lipinski definition) is 3. The quantitative estimate of drug-likeness (QED) is 0.759. The van der Waals surface area contributed by atoms with Crippen molar-refractivity contribution in [2.45, 2.75) is 32.2 Å². The molecule has 1 aliphatic carbocycles. The number of carboxylic acid groups (broad SMARTS) is 1. The Morgan fingerprint density at radius 1 is 1.33 bits per heavy atom. The van der Waals surface area contributed by atoms with Crippen molar-refractivity contribution in [3.05, 3.63) is 41.0 Å². The molecule has 0 amide bonds. The Bertz CT molecular complexity index is 548. The summed E-state index contributed by atoms with van der Waals surface area (Å²) in [4.78, 5) is 11.3. The molecule has 18 heavy (non-hydrogen) atoms. The van der Waals surface area contributed by atoms with E-state index in [9.17, 15) is 9.90 Å². The van der Waals surface area contributed by atoms with Crippen molar-refractivity contribution in [2.24, 2.45) is 5.92 Å². The molecule has 0 aromatic heterocycles. The lowest BCUT2D eigenvalue weighted by Crippen LogP contribution is -2.49. The van der Waals surface area contributed by atoms with Gasteiger partial charge in [0.2, 0.25) is 0 Å². The SMILES string of the molecule is Cc1ccc(C)c2c1N[C@@H](C(=O)[O-])[C@@H]1CC=C[C@H]21. The van der Waals surface area contributed by atoms with Crippen LogP contribution in [-0.4, -0.2) is 12.0 Å². The maximum absolute atomic E-state index is 11.3. The highest BCUT2D eigenvalue weighted by atomic mass is 16.4. The second-order valence-electron chi connectivity index (χ2n) is 5.28. The predicted octanol–water partition coefficient (Wildman–Crippen LogP) is 1.51. The molecule has 1 aromatic carbocycles. The fourth-order valence-electron chi connectivity index (χ4n) is 3.28. The summed E-state index contributed by atoms with van der Waals surface area (Å²) in [6.07, 6.45) is 5.04. The summed E-state index contributed by atoms with van der Waals surface area (Å²) < 4.78 is 0. The molecule has 0 saturated heterocycles. The first-order valence-corrected chi connectivity index (χ1v) is 6.33. The van der Waals surface area contributed by atoms with Gasteiger partial charge in [0.1, 0.15) is 0 Å². The van der Waals surface area contributed by atoms with Crippen LogP contribution in [0.2, 0.25) is 0 Å². The van der Waals surface area contributed by atoms with E-state index < -0.39 is 12.0 Å². The highest BCUT2D eigenvalue weighted by Crippen LogP contribution is 2.46. The lowest BCUT2D eigenvalue weighted by molar-refractivity contribution is -0.308. The first kappa shape index (κ1) is 11.3. The van der Waals surface area contributed by atoms with Gasteiger partial charge in [-0.15, -0.1) is 0 Å². The van der Waals surface area contributed by atoms with Crippen molar-refractivity contribution in [3.63, 3.8) is 0 Å². The Kier molecular flexibility index (Phi) is 2.44. The van der Waals surface area contributed by atoms with Crippen molar-refractivity contribution < 1.29 is 9.90 Å². The van der Waals surface area contributed by atoms with Gasteiger partial charge in [0.15, 0.2) is 0 Å². The average Bonchev–Trinajstić information content (AvgIpc) is 2.81. The van der Waals surface area contributed by atoms with E-state index in [0.717, 1.165) is 17.7 Å². The minimum absolute atomic E-state index is 0.0861. The number of benzene rings is 1. The fraction of sp³-hybridized carbons (Fsp3) is 0.400. The number of carboxylic acids is 1. The lowest BCUT2D eigenvalue weighted by atomic mass is 9.77. The molecule has 0 fully saturated rings. The molecule has 1 aliphatic heterocycles. The zero-order chi connectivity index (χ0) is 12.9. The fourth-order valence-corrected chi connectivity index (χ4v) is 3.28. The first-order valence-electron chi connectivity index (χ1n) is 6.33. The number of aryl methyl sites for hydroxylation is 2. The van der Waals surface area contributed by atoms with Crippen molar-refractivity contribution >= 4 is 11.7 Å². The van der Waals surface area contributed by atoms with Crippen LogP contribution in [0.15, 0.2) is 24.3 Å². The summed E-state index contributed by atoms with van der Waals surface area (Å²) in [5.74, 6) is -0.702. The molecule has 3 rings (SSSR count). The van der Waals surface area contributed by atoms with Crippen LogP contribution in [0.5, 0.6) is 0 Å². The predicted molar refractivity (Wildman–Crippen MR) is 68.3 cm³/mol. The number of rotatable bonds is 1. The second-order valence-corrected chi connectivity index (χ2v) is 5.28. The van der Waals surface area contributed by atoms with Gasteiger partial charge in [0.05, 0.1) is 12.0 Å². The minimum Gasteiger partial charge on any atom is -0.548 e. The van der Waals surface area contributed by atoms with Crippen LogP contribution in [-0.2, 0) is 4.79 Å². The van der Waals surface area contributed by atoms with Crippen LogP contribution in [0.4, 0.5) is 5.69 Å². The third-order valence-corrected chi connectivity index (χ3v) is 4.20. The maximum atomic E-state index is 11.3. The number of nitrogens with one attached hydrogen (secondary N) is 1. The number of carbonyl (C=O) groups excluding carboxylic acids is 1. The molecule has 0 bridgehead atoms. The molecule has 0 spiro atoms. The molecule has 0 radical (unpaired) electrons. The van der Waals surface area contributed by atoms with Gasteiger partial charge in [-0.2, -0.15) is 0 Å². The molecule has 3 nitrogen and oxygen atoms in total. The van der Waals surface area contributed by atoms with Crippen LogP contribution in [0.3, 0.4) is 0 Å². The Morgan fingerprint density at radius 3 is 2.78 bits per heavy atom. The van der Waals surface area contributed by atoms with E-state index in [4.69, 9.17) is 0 Å². The molecule has 2 aliphatic rings. The van der Waals surface area contributed by atoms with Gasteiger partial charge in [-0.3, -0.25) is 0 Å². The Hall–Kier alpha value is -1.77. The highest BCUT2D eigenvalue weighted by molar-refractivity contribution is 5.80. The molecule has 0 unspecified atom stereocenters. The standard InChI is InChI=1S/C15H17NO2/c1-8-6-7-9(2)13-12(8)10-4-3-5-11(10)14(16-13)15(17)18/h3-4,6-7,10-11,14,16H,5H2,1-2H3,(H,17,18)/p-1/t10-,11+,14+/m0/s1. The van der Waals surface area contributed by atoms with E-state index >= 15 is 0 Å². The van der Waals surface area contributed by atoms with Crippen LogP contribution in [0.25, 0.3) is 0 Å². The maximum Gasteiger partial charge on any atom is 0.0698 e. The van der Waals surface area contributed by atoms with Crippen molar-refractivity contribution in [3.8, 4) is 0 Å². The number of hydrogen-bond donors (Lipinski definition) is 1. The largest absolute Gasteiger partial charge is 0.548 e. The van der Waals surface area contributed by atoms with E-state index in [-0.39, 0.29) is 11.8 Å². The Labute approximate surface area is 107 Å². The number of carbonyl (C=O) groups is 1. The van der Waals surface area contributed by atoms with Crippen LogP contribution in [0.1, 0.15) is 29.0 Å². The van der Waals surface area contributed by atoms with Gasteiger partial charge in [-0.05, 0) is 42.9 Å². The van der Waals surface area contributed by atoms with E-state index in [1.54, 1.807) is 0 Å². The molecular formula is C15H16NO2-. The zero-order valence-corrected chi connectivity index (χ0v) is 10.6. The van der Waals surface area contributed by atoms with Gasteiger partial charge in [0, 0.05) is 11.6 Å². The topological polar surface area (TPSA) is 52.2 Å². The summed E-state index contributed by atoms with van der Waals surface area (Å²) >= 11 is 0. The van der Waals surface area contributed by atoms with Gasteiger partial charge in [-0.1, -0.05) is 24.3 Å². The Balaban J connectivity index is 2.17. The van der Waals surface area contributed by atoms with Crippen LogP contribution < -0.4 is 10.4 Å². The van der Waals surface area contributed by atoms with Gasteiger partial charge in [0.25, 0.3) is 0 Å². The molecule has 1 N–H and O–H groups in total. The average molecular weight is 242 g/mol. The molecule has 1 aromatic rings. The van der Waals surface area contributed by atoms with E-state index in [2.05, 4.69) is 30.5 Å². The molecule has 3 atom stereocenters. The van der Waals surface area contributed by atoms with Crippen molar-refractivity contribution in [1.29, 1.82) is 0 Å². The summed E-state index contributed by atoms with van der Waals surface area (Å²) in [6.45, 7) is 4.10. The minimum atomic E-state index is -1.000. The Morgan fingerprint density at radius 2 is 2.06 bits per heavy atom. The summed E-state index contributed by atoms with van der Waals surface area (Å²) in [5.41, 5.74) is 4.56. The van der Waals surface area contributed by atoms with Gasteiger partial charge in [-0.25, -0.2) is 0 Å². The molecule has 3 heteroatoms. The normalized spacial score (nSPS) is 28.4. The lowest BCUT2D eigenvalue weighted by Gasteiger charge is -2.39. The molecular weight excluding hydrogens is 226 g/mol. The van der Waals surface area contributed by atoms with E-state index in [0.29, 0.717) is 0 Å². The van der Waals surface area contributed by atoms with E-state index in [1.165, 1.54) is 11.1 Å². The molecule has 0 saturated carbocycles. The smallest absolute Gasteiger partial charge is 0.0698 e. The third kappa shape index (κ3) is 1.47. The van der Waals surface area contributed by atoms with E-state index in [1.807, 2.05) is 13.0 Å². The molecule has 1 heterocycles. The highest BCUT2D eigenvalue weighted by Gasteiger charge is 2.38. The summed E-state index contributed by atoms with van der Waals surface area (Å²) in [6, 6.07) is 3.56. The summed E-state index contributed by atoms with van der Waals surface area (Å²) in [5, 5.41) is 14.5. The summed E-state index contributed by atoms with van der Waals surface area (Å²) in [7, 11) is 0. The van der Waals surface area contributed by atoms with Gasteiger partial charge < -0.3 is 15.2 Å². The van der Waals surface area contributed by atoms with Crippen molar-refractivity contribution in [1.82, 2.24) is 0 Å². The molecule has 94 valence electrons. The van der Waals surface area contributed by atoms with Crippen LogP contribution >= 0.6 is 0 Å². The van der Waals surface area contributed by atoms with Gasteiger partial charge >= 0.3 is 0 Å². The number of anilines is 1. The third-order valence-electron chi connectivity index (χ3n) is 4.20. The number of fused-ring (bicyclic) bond motifs is 3. The first-order chi connectivity index (χ1) is 8.59.